The number of amides is 1. The Morgan fingerprint density at radius 1 is 1.09 bits per heavy atom. The quantitative estimate of drug-likeness (QED) is 0.787. The zero-order valence-electron chi connectivity index (χ0n) is 12.4. The molecule has 22 heavy (non-hydrogen) atoms. The molecule has 2 rings (SSSR count). The van der Waals surface area contributed by atoms with Gasteiger partial charge in [0.15, 0.2) is 0 Å². The molecule has 1 aliphatic heterocycles. The lowest BCUT2D eigenvalue weighted by atomic mass is 10.2. The molecule has 122 valence electrons. The van der Waals surface area contributed by atoms with Crippen molar-refractivity contribution in [1.82, 2.24) is 15.1 Å². The molecule has 1 aromatic rings. The molecule has 0 radical (unpaired) electrons. The summed E-state index contributed by atoms with van der Waals surface area (Å²) in [5.74, 6) is -1.46. The SMILES string of the molecule is O=C(CN1CCN(CCO)CC1)NCc1cc(F)cc(F)c1. The van der Waals surface area contributed by atoms with Crippen LogP contribution in [0.2, 0.25) is 0 Å². The van der Waals surface area contributed by atoms with E-state index in [4.69, 9.17) is 5.11 Å². The number of hydrogen-bond acceptors (Lipinski definition) is 4. The van der Waals surface area contributed by atoms with E-state index in [9.17, 15) is 13.6 Å². The van der Waals surface area contributed by atoms with Gasteiger partial charge in [0.2, 0.25) is 5.91 Å². The van der Waals surface area contributed by atoms with Crippen LogP contribution in [0.3, 0.4) is 0 Å². The van der Waals surface area contributed by atoms with Crippen molar-refractivity contribution in [3.8, 4) is 0 Å². The van der Waals surface area contributed by atoms with Crippen molar-refractivity contribution in [3.63, 3.8) is 0 Å². The van der Waals surface area contributed by atoms with E-state index in [0.29, 0.717) is 12.1 Å². The first-order valence-corrected chi connectivity index (χ1v) is 7.34. The third-order valence-electron chi connectivity index (χ3n) is 3.66. The van der Waals surface area contributed by atoms with Crippen molar-refractivity contribution < 1.29 is 18.7 Å². The van der Waals surface area contributed by atoms with Gasteiger partial charge in [0.1, 0.15) is 11.6 Å². The van der Waals surface area contributed by atoms with Crippen molar-refractivity contribution in [1.29, 1.82) is 0 Å². The number of halogens is 2. The van der Waals surface area contributed by atoms with Gasteiger partial charge in [-0.2, -0.15) is 0 Å². The highest BCUT2D eigenvalue weighted by molar-refractivity contribution is 5.78. The van der Waals surface area contributed by atoms with Crippen molar-refractivity contribution in [2.24, 2.45) is 0 Å². The molecular weight excluding hydrogens is 292 g/mol. The molecule has 0 atom stereocenters. The fourth-order valence-corrected chi connectivity index (χ4v) is 2.49. The summed E-state index contributed by atoms with van der Waals surface area (Å²) in [5.41, 5.74) is 0.401. The number of aliphatic hydroxyl groups is 1. The summed E-state index contributed by atoms with van der Waals surface area (Å²) in [7, 11) is 0. The summed E-state index contributed by atoms with van der Waals surface area (Å²) in [6.07, 6.45) is 0. The summed E-state index contributed by atoms with van der Waals surface area (Å²) in [6.45, 7) is 4.36. The average molecular weight is 313 g/mol. The van der Waals surface area contributed by atoms with Gasteiger partial charge in [0.25, 0.3) is 0 Å². The Balaban J connectivity index is 1.72. The minimum absolute atomic E-state index is 0.109. The Kier molecular flexibility index (Phi) is 6.23. The van der Waals surface area contributed by atoms with Crippen molar-refractivity contribution >= 4 is 5.91 Å². The zero-order valence-corrected chi connectivity index (χ0v) is 12.4. The summed E-state index contributed by atoms with van der Waals surface area (Å²) >= 11 is 0. The highest BCUT2D eigenvalue weighted by Crippen LogP contribution is 2.07. The molecule has 1 fully saturated rings. The van der Waals surface area contributed by atoms with Crippen LogP contribution < -0.4 is 5.32 Å². The standard InChI is InChI=1S/C15H21F2N3O2/c16-13-7-12(8-14(17)9-13)10-18-15(22)11-20-3-1-19(2-4-20)5-6-21/h7-9,21H,1-6,10-11H2,(H,18,22). The third-order valence-corrected chi connectivity index (χ3v) is 3.66. The van der Waals surface area contributed by atoms with E-state index in [1.165, 1.54) is 12.1 Å². The molecule has 7 heteroatoms. The molecular formula is C15H21F2N3O2. The molecule has 0 spiro atoms. The van der Waals surface area contributed by atoms with Crippen LogP contribution >= 0.6 is 0 Å². The van der Waals surface area contributed by atoms with Gasteiger partial charge in [0.05, 0.1) is 13.2 Å². The number of β-amino-alcohol motifs (C(OH)–C–C–N with tert-alkyl or cyclic N) is 1. The number of carbonyl (C=O) groups is 1. The van der Waals surface area contributed by atoms with E-state index in [1.54, 1.807) is 0 Å². The van der Waals surface area contributed by atoms with Gasteiger partial charge in [-0.05, 0) is 17.7 Å². The van der Waals surface area contributed by atoms with Gasteiger partial charge in [-0.3, -0.25) is 14.6 Å². The largest absolute Gasteiger partial charge is 0.395 e. The summed E-state index contributed by atoms with van der Waals surface area (Å²) < 4.78 is 26.1. The summed E-state index contributed by atoms with van der Waals surface area (Å²) in [4.78, 5) is 16.0. The minimum Gasteiger partial charge on any atom is -0.395 e. The van der Waals surface area contributed by atoms with Crippen LogP contribution in [0.15, 0.2) is 18.2 Å². The summed E-state index contributed by atoms with van der Waals surface area (Å²) in [5, 5.41) is 11.5. The first-order valence-electron chi connectivity index (χ1n) is 7.34. The lowest BCUT2D eigenvalue weighted by Gasteiger charge is -2.33. The van der Waals surface area contributed by atoms with E-state index >= 15 is 0 Å². The second-order valence-electron chi connectivity index (χ2n) is 5.40. The Morgan fingerprint density at radius 2 is 1.68 bits per heavy atom. The van der Waals surface area contributed by atoms with Gasteiger partial charge < -0.3 is 10.4 Å². The Bertz CT molecular complexity index is 485. The molecule has 2 N–H and O–H groups in total. The zero-order chi connectivity index (χ0) is 15.9. The van der Waals surface area contributed by atoms with Gasteiger partial charge in [0, 0.05) is 45.3 Å². The predicted octanol–water partition coefficient (Wildman–Crippen LogP) is 0.191. The second kappa shape index (κ2) is 8.17. The maximum atomic E-state index is 13.0. The Labute approximate surface area is 128 Å². The van der Waals surface area contributed by atoms with E-state index in [2.05, 4.69) is 10.2 Å². The first kappa shape index (κ1) is 16.8. The van der Waals surface area contributed by atoms with E-state index in [1.807, 2.05) is 4.90 Å². The van der Waals surface area contributed by atoms with Crippen LogP contribution in [-0.4, -0.2) is 66.7 Å². The fourth-order valence-electron chi connectivity index (χ4n) is 2.49. The molecule has 0 unspecified atom stereocenters. The van der Waals surface area contributed by atoms with Crippen molar-refractivity contribution in [2.75, 3.05) is 45.9 Å². The lowest BCUT2D eigenvalue weighted by Crippen LogP contribution is -2.49. The molecule has 0 aromatic heterocycles. The minimum atomic E-state index is -0.649. The predicted molar refractivity (Wildman–Crippen MR) is 78.2 cm³/mol. The highest BCUT2D eigenvalue weighted by Gasteiger charge is 2.18. The van der Waals surface area contributed by atoms with Gasteiger partial charge in [-0.15, -0.1) is 0 Å². The maximum Gasteiger partial charge on any atom is 0.234 e. The van der Waals surface area contributed by atoms with Gasteiger partial charge in [-0.25, -0.2) is 8.78 Å². The number of aliphatic hydroxyl groups excluding tert-OH is 1. The number of hydrogen-bond donors (Lipinski definition) is 2. The smallest absolute Gasteiger partial charge is 0.234 e. The number of benzene rings is 1. The van der Waals surface area contributed by atoms with Crippen LogP contribution in [0.4, 0.5) is 8.78 Å². The van der Waals surface area contributed by atoms with Crippen LogP contribution in [0, 0.1) is 11.6 Å². The molecule has 1 aromatic carbocycles. The molecule has 5 nitrogen and oxygen atoms in total. The lowest BCUT2D eigenvalue weighted by molar-refractivity contribution is -0.122. The molecule has 0 bridgehead atoms. The number of rotatable bonds is 6. The topological polar surface area (TPSA) is 55.8 Å². The first-order chi connectivity index (χ1) is 10.6. The molecule has 1 heterocycles. The molecule has 1 aliphatic rings. The summed E-state index contributed by atoms with van der Waals surface area (Å²) in [6, 6.07) is 3.21. The maximum absolute atomic E-state index is 13.0. The second-order valence-corrected chi connectivity index (χ2v) is 5.40. The van der Waals surface area contributed by atoms with Gasteiger partial charge >= 0.3 is 0 Å². The highest BCUT2D eigenvalue weighted by atomic mass is 19.1. The third kappa shape index (κ3) is 5.32. The van der Waals surface area contributed by atoms with E-state index in [-0.39, 0.29) is 25.6 Å². The fraction of sp³-hybridized carbons (Fsp3) is 0.533. The van der Waals surface area contributed by atoms with Crippen LogP contribution in [0.25, 0.3) is 0 Å². The number of carbonyl (C=O) groups excluding carboxylic acids is 1. The van der Waals surface area contributed by atoms with Crippen molar-refractivity contribution in [2.45, 2.75) is 6.54 Å². The Morgan fingerprint density at radius 3 is 2.27 bits per heavy atom. The monoisotopic (exact) mass is 313 g/mol. The van der Waals surface area contributed by atoms with Crippen LogP contribution in [0.5, 0.6) is 0 Å². The van der Waals surface area contributed by atoms with Crippen molar-refractivity contribution in [3.05, 3.63) is 35.4 Å². The molecule has 1 saturated heterocycles. The van der Waals surface area contributed by atoms with E-state index < -0.39 is 11.6 Å². The van der Waals surface area contributed by atoms with E-state index in [0.717, 1.165) is 32.2 Å². The van der Waals surface area contributed by atoms with Gasteiger partial charge in [-0.1, -0.05) is 0 Å². The Hall–Kier alpha value is -1.57. The molecule has 0 saturated carbocycles. The normalized spacial score (nSPS) is 16.7. The molecule has 0 aliphatic carbocycles. The van der Waals surface area contributed by atoms with Crippen LogP contribution in [-0.2, 0) is 11.3 Å². The van der Waals surface area contributed by atoms with Crippen LogP contribution in [0.1, 0.15) is 5.56 Å². The number of nitrogens with zero attached hydrogens (tertiary/aromatic N) is 2. The molecule has 1 amide bonds. The number of piperazine rings is 1. The number of nitrogens with one attached hydrogen (secondary N) is 1. The average Bonchev–Trinajstić information content (AvgIpc) is 2.47.